The fourth-order valence-corrected chi connectivity index (χ4v) is 1.18. The van der Waals surface area contributed by atoms with Gasteiger partial charge in [-0.3, -0.25) is 9.59 Å². The van der Waals surface area contributed by atoms with E-state index in [9.17, 15) is 9.59 Å². The molecule has 0 aliphatic rings. The minimum absolute atomic E-state index is 0.0401. The highest BCUT2D eigenvalue weighted by Crippen LogP contribution is 1.98. The molecule has 0 radical (unpaired) electrons. The van der Waals surface area contributed by atoms with Crippen LogP contribution in [0.3, 0.4) is 0 Å². The highest BCUT2D eigenvalue weighted by Gasteiger charge is 2.09. The van der Waals surface area contributed by atoms with Crippen LogP contribution < -0.4 is 0 Å². The van der Waals surface area contributed by atoms with Crippen molar-refractivity contribution < 1.29 is 19.1 Å². The zero-order valence-electron chi connectivity index (χ0n) is 10.3. The first-order chi connectivity index (χ1) is 7.61. The van der Waals surface area contributed by atoms with E-state index < -0.39 is 0 Å². The minimum Gasteiger partial charge on any atom is -0.469 e. The molecule has 0 N–H and O–H groups in total. The molecule has 0 unspecified atom stereocenters. The predicted octanol–water partition coefficient (Wildman–Crippen LogP) is 0.825. The second-order valence-electron chi connectivity index (χ2n) is 3.44. The summed E-state index contributed by atoms with van der Waals surface area (Å²) >= 11 is 0. The second kappa shape index (κ2) is 9.15. The maximum absolute atomic E-state index is 11.5. The Hall–Kier alpha value is -1.10. The molecule has 0 spiro atoms. The molecule has 0 bridgehead atoms. The number of rotatable bonds is 8. The van der Waals surface area contributed by atoms with Crippen molar-refractivity contribution in [3.63, 3.8) is 0 Å². The van der Waals surface area contributed by atoms with E-state index >= 15 is 0 Å². The number of ether oxygens (including phenoxy) is 2. The normalized spacial score (nSPS) is 9.94. The van der Waals surface area contributed by atoms with Crippen LogP contribution in [-0.4, -0.2) is 50.7 Å². The lowest BCUT2D eigenvalue weighted by Crippen LogP contribution is -2.28. The summed E-state index contributed by atoms with van der Waals surface area (Å²) in [4.78, 5) is 23.9. The summed E-state index contributed by atoms with van der Waals surface area (Å²) in [5.41, 5.74) is 0. The van der Waals surface area contributed by atoms with Crippen molar-refractivity contribution in [1.29, 1.82) is 0 Å². The lowest BCUT2D eigenvalue weighted by molar-refractivity contribution is -0.141. The average molecular weight is 231 g/mol. The highest BCUT2D eigenvalue weighted by molar-refractivity contribution is 5.76. The molecular formula is C11H21NO4. The first kappa shape index (κ1) is 14.9. The van der Waals surface area contributed by atoms with Gasteiger partial charge in [-0.05, 0) is 13.3 Å². The van der Waals surface area contributed by atoms with Gasteiger partial charge in [-0.15, -0.1) is 0 Å². The van der Waals surface area contributed by atoms with E-state index in [0.29, 0.717) is 39.0 Å². The van der Waals surface area contributed by atoms with Gasteiger partial charge in [0.15, 0.2) is 0 Å². The Kier molecular flexibility index (Phi) is 8.52. The molecule has 94 valence electrons. The molecule has 5 nitrogen and oxygen atoms in total. The van der Waals surface area contributed by atoms with Crippen LogP contribution in [0.1, 0.15) is 26.2 Å². The number of carbonyl (C=O) groups is 2. The third-order valence-electron chi connectivity index (χ3n) is 2.19. The van der Waals surface area contributed by atoms with Crippen molar-refractivity contribution in [1.82, 2.24) is 4.90 Å². The van der Waals surface area contributed by atoms with Crippen molar-refractivity contribution in [2.24, 2.45) is 0 Å². The van der Waals surface area contributed by atoms with Gasteiger partial charge in [0.2, 0.25) is 5.91 Å². The van der Waals surface area contributed by atoms with Crippen molar-refractivity contribution in [3.05, 3.63) is 0 Å². The first-order valence-corrected chi connectivity index (χ1v) is 5.50. The molecule has 0 aliphatic heterocycles. The topological polar surface area (TPSA) is 55.8 Å². The van der Waals surface area contributed by atoms with Crippen LogP contribution in [0.5, 0.6) is 0 Å². The maximum Gasteiger partial charge on any atom is 0.305 e. The van der Waals surface area contributed by atoms with E-state index in [-0.39, 0.29) is 11.9 Å². The molecule has 0 aromatic carbocycles. The zero-order valence-corrected chi connectivity index (χ0v) is 10.3. The molecule has 0 atom stereocenters. The van der Waals surface area contributed by atoms with Gasteiger partial charge in [0, 0.05) is 26.6 Å². The van der Waals surface area contributed by atoms with E-state index in [1.807, 2.05) is 6.92 Å². The number of methoxy groups -OCH3 is 1. The second-order valence-corrected chi connectivity index (χ2v) is 3.44. The Labute approximate surface area is 96.7 Å². The van der Waals surface area contributed by atoms with E-state index in [0.717, 1.165) is 0 Å². The van der Waals surface area contributed by atoms with Gasteiger partial charge in [0.1, 0.15) is 0 Å². The molecule has 0 saturated carbocycles. The summed E-state index contributed by atoms with van der Waals surface area (Å²) in [5, 5.41) is 0. The number of hydrogen-bond donors (Lipinski definition) is 0. The van der Waals surface area contributed by atoms with Crippen LogP contribution in [-0.2, 0) is 19.1 Å². The first-order valence-electron chi connectivity index (χ1n) is 5.50. The number of nitrogens with zero attached hydrogens (tertiary/aromatic N) is 1. The molecule has 0 saturated heterocycles. The number of esters is 1. The number of carbonyl (C=O) groups excluding carboxylic acids is 2. The SMILES string of the molecule is CCOCCC(=O)N(C)CCCC(=O)OC. The summed E-state index contributed by atoms with van der Waals surface area (Å²) in [6, 6.07) is 0. The molecule has 1 amide bonds. The van der Waals surface area contributed by atoms with Crippen LogP contribution in [0.4, 0.5) is 0 Å². The van der Waals surface area contributed by atoms with Gasteiger partial charge in [0.05, 0.1) is 20.1 Å². The zero-order chi connectivity index (χ0) is 12.4. The van der Waals surface area contributed by atoms with Gasteiger partial charge in [-0.1, -0.05) is 0 Å². The number of hydrogen-bond acceptors (Lipinski definition) is 4. The van der Waals surface area contributed by atoms with Gasteiger partial charge in [0.25, 0.3) is 0 Å². The molecule has 0 rings (SSSR count). The van der Waals surface area contributed by atoms with Gasteiger partial charge in [-0.2, -0.15) is 0 Å². The smallest absolute Gasteiger partial charge is 0.305 e. The molecule has 0 heterocycles. The Morgan fingerprint density at radius 3 is 2.50 bits per heavy atom. The van der Waals surface area contributed by atoms with Crippen LogP contribution in [0, 0.1) is 0 Å². The summed E-state index contributed by atoms with van der Waals surface area (Å²) in [6.07, 6.45) is 1.37. The Bertz CT molecular complexity index is 218. The summed E-state index contributed by atoms with van der Waals surface area (Å²) in [7, 11) is 3.09. The summed E-state index contributed by atoms with van der Waals surface area (Å²) < 4.78 is 9.60. The molecule has 0 fully saturated rings. The van der Waals surface area contributed by atoms with Gasteiger partial charge in [-0.25, -0.2) is 0 Å². The van der Waals surface area contributed by atoms with Crippen LogP contribution in [0.15, 0.2) is 0 Å². The van der Waals surface area contributed by atoms with Crippen LogP contribution in [0.2, 0.25) is 0 Å². The molecule has 0 aliphatic carbocycles. The monoisotopic (exact) mass is 231 g/mol. The van der Waals surface area contributed by atoms with E-state index in [1.165, 1.54) is 7.11 Å². The average Bonchev–Trinajstić information content (AvgIpc) is 2.28. The Balaban J connectivity index is 3.58. The van der Waals surface area contributed by atoms with Crippen molar-refractivity contribution in [2.75, 3.05) is 33.9 Å². The molecule has 0 aromatic heterocycles. The quantitative estimate of drug-likeness (QED) is 0.458. The molecule has 5 heteroatoms. The van der Waals surface area contributed by atoms with E-state index in [1.54, 1.807) is 11.9 Å². The fraction of sp³-hybridized carbons (Fsp3) is 0.818. The lowest BCUT2D eigenvalue weighted by Gasteiger charge is -2.16. The lowest BCUT2D eigenvalue weighted by atomic mass is 10.3. The van der Waals surface area contributed by atoms with Gasteiger partial charge >= 0.3 is 5.97 Å². The highest BCUT2D eigenvalue weighted by atomic mass is 16.5. The van der Waals surface area contributed by atoms with Crippen LogP contribution >= 0.6 is 0 Å². The Morgan fingerprint density at radius 2 is 1.94 bits per heavy atom. The molecular weight excluding hydrogens is 210 g/mol. The van der Waals surface area contributed by atoms with Crippen molar-refractivity contribution in [3.8, 4) is 0 Å². The number of amides is 1. The fourth-order valence-electron chi connectivity index (χ4n) is 1.18. The molecule has 0 aromatic rings. The van der Waals surface area contributed by atoms with E-state index in [2.05, 4.69) is 4.74 Å². The van der Waals surface area contributed by atoms with Gasteiger partial charge < -0.3 is 14.4 Å². The van der Waals surface area contributed by atoms with Crippen LogP contribution in [0.25, 0.3) is 0 Å². The minimum atomic E-state index is -0.241. The predicted molar refractivity (Wildman–Crippen MR) is 60.0 cm³/mol. The summed E-state index contributed by atoms with van der Waals surface area (Å²) in [5.74, 6) is -0.200. The Morgan fingerprint density at radius 1 is 1.25 bits per heavy atom. The van der Waals surface area contributed by atoms with Crippen molar-refractivity contribution in [2.45, 2.75) is 26.2 Å². The standard InChI is InChI=1S/C11H21NO4/c1-4-16-9-7-10(13)12(2)8-5-6-11(14)15-3/h4-9H2,1-3H3. The van der Waals surface area contributed by atoms with Crippen molar-refractivity contribution >= 4 is 11.9 Å². The molecule has 16 heavy (non-hydrogen) atoms. The largest absolute Gasteiger partial charge is 0.469 e. The van der Waals surface area contributed by atoms with E-state index in [4.69, 9.17) is 4.74 Å². The third kappa shape index (κ3) is 7.23. The summed E-state index contributed by atoms with van der Waals surface area (Å²) in [6.45, 7) is 3.54. The maximum atomic E-state index is 11.5. The third-order valence-corrected chi connectivity index (χ3v) is 2.19.